The third kappa shape index (κ3) is 2.64. The highest BCUT2D eigenvalue weighted by Gasteiger charge is 1.94. The highest BCUT2D eigenvalue weighted by molar-refractivity contribution is 7.98. The van der Waals surface area contributed by atoms with Crippen molar-refractivity contribution in [2.24, 2.45) is 5.73 Å². The Hall–Kier alpha value is -0.130. The summed E-state index contributed by atoms with van der Waals surface area (Å²) in [4.78, 5) is 0. The second-order valence-corrected chi connectivity index (χ2v) is 3.70. The van der Waals surface area contributed by atoms with E-state index in [1.54, 1.807) is 28.6 Å². The van der Waals surface area contributed by atoms with Gasteiger partial charge in [-0.05, 0) is 0 Å². The van der Waals surface area contributed by atoms with Gasteiger partial charge in [0, 0.05) is 18.1 Å². The van der Waals surface area contributed by atoms with Gasteiger partial charge in [-0.15, -0.1) is 21.5 Å². The Bertz CT molecular complexity index is 163. The predicted molar refractivity (Wildman–Crippen MR) is 45.1 cm³/mol. The average Bonchev–Trinajstić information content (AvgIpc) is 2.41. The Morgan fingerprint density at radius 1 is 1.70 bits per heavy atom. The first-order valence-electron chi connectivity index (χ1n) is 2.96. The molecule has 2 N–H and O–H groups in total. The molecule has 0 unspecified atom stereocenters. The lowest BCUT2D eigenvalue weighted by atomic mass is 10.8. The van der Waals surface area contributed by atoms with Crippen molar-refractivity contribution in [2.45, 2.75) is 5.75 Å². The van der Waals surface area contributed by atoms with Gasteiger partial charge in [-0.25, -0.2) is 0 Å². The second kappa shape index (κ2) is 4.65. The molecule has 1 aromatic heterocycles. The van der Waals surface area contributed by atoms with Crippen molar-refractivity contribution < 1.29 is 0 Å². The Labute approximate surface area is 68.0 Å². The van der Waals surface area contributed by atoms with Crippen LogP contribution in [-0.4, -0.2) is 22.5 Å². The van der Waals surface area contributed by atoms with E-state index < -0.39 is 0 Å². The van der Waals surface area contributed by atoms with E-state index in [0.717, 1.165) is 23.1 Å². The molecule has 1 heterocycles. The van der Waals surface area contributed by atoms with Crippen molar-refractivity contribution in [3.63, 3.8) is 0 Å². The fourth-order valence-corrected chi connectivity index (χ4v) is 1.88. The molecule has 5 heteroatoms. The SMILES string of the molecule is NCCSCc1nncs1. The van der Waals surface area contributed by atoms with Crippen LogP contribution >= 0.6 is 23.1 Å². The molecule has 0 aliphatic carbocycles. The zero-order chi connectivity index (χ0) is 7.23. The summed E-state index contributed by atoms with van der Waals surface area (Å²) < 4.78 is 0. The molecular weight excluding hydrogens is 166 g/mol. The monoisotopic (exact) mass is 175 g/mol. The molecule has 0 aromatic carbocycles. The van der Waals surface area contributed by atoms with Crippen molar-refractivity contribution in [1.82, 2.24) is 10.2 Å². The number of hydrogen-bond acceptors (Lipinski definition) is 5. The van der Waals surface area contributed by atoms with E-state index >= 15 is 0 Å². The summed E-state index contributed by atoms with van der Waals surface area (Å²) in [7, 11) is 0. The van der Waals surface area contributed by atoms with E-state index in [9.17, 15) is 0 Å². The molecule has 0 saturated heterocycles. The molecule has 0 radical (unpaired) electrons. The van der Waals surface area contributed by atoms with Crippen LogP contribution in [0.3, 0.4) is 0 Å². The zero-order valence-corrected chi connectivity index (χ0v) is 7.12. The average molecular weight is 175 g/mol. The largest absolute Gasteiger partial charge is 0.330 e. The van der Waals surface area contributed by atoms with Gasteiger partial charge in [-0.3, -0.25) is 0 Å². The Balaban J connectivity index is 2.15. The molecule has 0 saturated carbocycles. The summed E-state index contributed by atoms with van der Waals surface area (Å²) in [6, 6.07) is 0. The minimum Gasteiger partial charge on any atom is -0.330 e. The number of aromatic nitrogens is 2. The molecule has 1 rings (SSSR count). The van der Waals surface area contributed by atoms with E-state index in [0.29, 0.717) is 0 Å². The van der Waals surface area contributed by atoms with Gasteiger partial charge in [-0.1, -0.05) is 0 Å². The minimum atomic E-state index is 0.740. The van der Waals surface area contributed by atoms with E-state index in [2.05, 4.69) is 10.2 Å². The van der Waals surface area contributed by atoms with Crippen LogP contribution < -0.4 is 5.73 Å². The molecule has 0 atom stereocenters. The van der Waals surface area contributed by atoms with Gasteiger partial charge in [0.2, 0.25) is 0 Å². The summed E-state index contributed by atoms with van der Waals surface area (Å²) in [6.45, 7) is 0.740. The highest BCUT2D eigenvalue weighted by Crippen LogP contribution is 2.11. The maximum atomic E-state index is 5.31. The molecule has 0 amide bonds. The number of thioether (sulfide) groups is 1. The first kappa shape index (κ1) is 7.97. The highest BCUT2D eigenvalue weighted by atomic mass is 32.2. The molecule has 10 heavy (non-hydrogen) atoms. The van der Waals surface area contributed by atoms with E-state index in [4.69, 9.17) is 5.73 Å². The number of nitrogens with zero attached hydrogens (tertiary/aromatic N) is 2. The molecule has 0 fully saturated rings. The topological polar surface area (TPSA) is 51.8 Å². The fraction of sp³-hybridized carbons (Fsp3) is 0.600. The molecule has 56 valence electrons. The van der Waals surface area contributed by atoms with Crippen LogP contribution in [0.1, 0.15) is 5.01 Å². The summed E-state index contributed by atoms with van der Waals surface area (Å²) in [5, 5.41) is 8.70. The lowest BCUT2D eigenvalue weighted by Gasteiger charge is -1.92. The van der Waals surface area contributed by atoms with Gasteiger partial charge in [-0.2, -0.15) is 11.8 Å². The number of nitrogens with two attached hydrogens (primary N) is 1. The van der Waals surface area contributed by atoms with Crippen LogP contribution in [0.15, 0.2) is 5.51 Å². The Morgan fingerprint density at radius 2 is 2.60 bits per heavy atom. The smallest absolute Gasteiger partial charge is 0.127 e. The fourth-order valence-electron chi connectivity index (χ4n) is 0.502. The van der Waals surface area contributed by atoms with Crippen LogP contribution in [0.25, 0.3) is 0 Å². The van der Waals surface area contributed by atoms with Crippen molar-refractivity contribution in [1.29, 1.82) is 0 Å². The molecule has 0 aliphatic heterocycles. The van der Waals surface area contributed by atoms with Crippen LogP contribution in [0.4, 0.5) is 0 Å². The van der Waals surface area contributed by atoms with Crippen LogP contribution in [0, 0.1) is 0 Å². The first-order chi connectivity index (χ1) is 4.93. The summed E-state index contributed by atoms with van der Waals surface area (Å²) in [5.74, 6) is 1.95. The third-order valence-corrected chi connectivity index (χ3v) is 2.78. The summed E-state index contributed by atoms with van der Waals surface area (Å²) in [6.07, 6.45) is 0. The van der Waals surface area contributed by atoms with Crippen LogP contribution in [-0.2, 0) is 5.75 Å². The molecular formula is C5H9N3S2. The van der Waals surface area contributed by atoms with Gasteiger partial charge < -0.3 is 5.73 Å². The summed E-state index contributed by atoms with van der Waals surface area (Å²) >= 11 is 3.38. The van der Waals surface area contributed by atoms with Gasteiger partial charge in [0.25, 0.3) is 0 Å². The van der Waals surface area contributed by atoms with Crippen molar-refractivity contribution in [3.05, 3.63) is 10.5 Å². The van der Waals surface area contributed by atoms with Gasteiger partial charge in [0.1, 0.15) is 10.5 Å². The number of hydrogen-bond donors (Lipinski definition) is 1. The number of rotatable bonds is 4. The lowest BCUT2D eigenvalue weighted by Crippen LogP contribution is -2.01. The third-order valence-electron chi connectivity index (χ3n) is 0.893. The quantitative estimate of drug-likeness (QED) is 0.685. The zero-order valence-electron chi connectivity index (χ0n) is 5.49. The van der Waals surface area contributed by atoms with Crippen molar-refractivity contribution in [3.8, 4) is 0 Å². The molecule has 3 nitrogen and oxygen atoms in total. The minimum absolute atomic E-state index is 0.740. The molecule has 0 spiro atoms. The Kier molecular flexibility index (Phi) is 3.71. The van der Waals surface area contributed by atoms with Crippen LogP contribution in [0.5, 0.6) is 0 Å². The second-order valence-electron chi connectivity index (χ2n) is 1.67. The van der Waals surface area contributed by atoms with Gasteiger partial charge in [0.05, 0.1) is 0 Å². The van der Waals surface area contributed by atoms with Gasteiger partial charge >= 0.3 is 0 Å². The summed E-state index contributed by atoms with van der Waals surface area (Å²) in [5.41, 5.74) is 7.06. The predicted octanol–water partition coefficient (Wildman–Crippen LogP) is 0.730. The maximum absolute atomic E-state index is 5.31. The molecule has 0 bridgehead atoms. The van der Waals surface area contributed by atoms with Crippen molar-refractivity contribution >= 4 is 23.1 Å². The maximum Gasteiger partial charge on any atom is 0.127 e. The first-order valence-corrected chi connectivity index (χ1v) is 5.00. The normalized spacial score (nSPS) is 10.1. The van der Waals surface area contributed by atoms with Crippen LogP contribution in [0.2, 0.25) is 0 Å². The van der Waals surface area contributed by atoms with Gasteiger partial charge in [0.15, 0.2) is 0 Å². The van der Waals surface area contributed by atoms with E-state index in [1.165, 1.54) is 0 Å². The molecule has 1 aromatic rings. The Morgan fingerprint density at radius 3 is 3.20 bits per heavy atom. The molecule has 0 aliphatic rings. The standard InChI is InChI=1S/C5H9N3S2/c6-1-2-9-3-5-8-7-4-10-5/h4H,1-3,6H2. The van der Waals surface area contributed by atoms with E-state index in [-0.39, 0.29) is 0 Å². The van der Waals surface area contributed by atoms with Crippen molar-refractivity contribution in [2.75, 3.05) is 12.3 Å². The van der Waals surface area contributed by atoms with E-state index in [1.807, 2.05) is 0 Å². The lowest BCUT2D eigenvalue weighted by molar-refractivity contribution is 1.04.